The lowest BCUT2D eigenvalue weighted by molar-refractivity contribution is -0.130. The Balaban J connectivity index is 2.08. The fraction of sp³-hybridized carbons (Fsp3) is 0.625. The Morgan fingerprint density at radius 2 is 2.14 bits per heavy atom. The van der Waals surface area contributed by atoms with Crippen LogP contribution in [0.25, 0.3) is 0 Å². The van der Waals surface area contributed by atoms with Gasteiger partial charge in [-0.05, 0) is 18.3 Å². The molecule has 1 aliphatic heterocycles. The van der Waals surface area contributed by atoms with E-state index in [4.69, 9.17) is 10.7 Å². The number of amides is 1. The summed E-state index contributed by atoms with van der Waals surface area (Å²) in [5.41, 5.74) is 0. The van der Waals surface area contributed by atoms with Crippen molar-refractivity contribution in [3.05, 3.63) is 12.2 Å². The molecular formula is C8H8ClNO3S. The van der Waals surface area contributed by atoms with Crippen LogP contribution < -0.4 is 0 Å². The van der Waals surface area contributed by atoms with Gasteiger partial charge in [0.2, 0.25) is 5.91 Å². The van der Waals surface area contributed by atoms with Crippen LogP contribution in [0, 0.1) is 17.8 Å². The molecule has 1 saturated carbocycles. The van der Waals surface area contributed by atoms with Gasteiger partial charge in [-0.2, -0.15) is 8.42 Å². The van der Waals surface area contributed by atoms with Crippen molar-refractivity contribution in [3.63, 3.8) is 0 Å². The standard InChI is InChI=1S/C8H8ClNO3S/c9-14(12,13)10-4-1-2-5-6(3-4)7(5)8(10)11/h1-2,4-7H,3H2. The molecule has 3 aliphatic rings. The van der Waals surface area contributed by atoms with Crippen molar-refractivity contribution in [2.45, 2.75) is 12.5 Å². The van der Waals surface area contributed by atoms with Crippen molar-refractivity contribution in [3.8, 4) is 0 Å². The van der Waals surface area contributed by atoms with Gasteiger partial charge in [-0.1, -0.05) is 12.2 Å². The van der Waals surface area contributed by atoms with Crippen LogP contribution in [0.4, 0.5) is 0 Å². The number of nitrogens with zero attached hydrogens (tertiary/aromatic N) is 1. The maximum atomic E-state index is 11.7. The van der Waals surface area contributed by atoms with Crippen molar-refractivity contribution in [2.75, 3.05) is 0 Å². The van der Waals surface area contributed by atoms with Crippen LogP contribution in [0.5, 0.6) is 0 Å². The number of hydrogen-bond donors (Lipinski definition) is 0. The summed E-state index contributed by atoms with van der Waals surface area (Å²) in [5.74, 6) is 0.184. The first-order chi connectivity index (χ1) is 6.50. The minimum absolute atomic E-state index is 0.126. The molecule has 1 saturated heterocycles. The molecule has 0 N–H and O–H groups in total. The van der Waals surface area contributed by atoms with E-state index in [9.17, 15) is 13.2 Å². The van der Waals surface area contributed by atoms with Crippen molar-refractivity contribution in [1.29, 1.82) is 0 Å². The third-order valence-electron chi connectivity index (χ3n) is 3.34. The predicted octanol–water partition coefficient (Wildman–Crippen LogP) is 0.503. The molecule has 0 radical (unpaired) electrons. The Morgan fingerprint density at radius 3 is 2.79 bits per heavy atom. The maximum Gasteiger partial charge on any atom is 0.324 e. The quantitative estimate of drug-likeness (QED) is 0.490. The normalized spacial score (nSPS) is 44.1. The second-order valence-electron chi connectivity index (χ2n) is 4.03. The number of carbonyl (C=O) groups is 1. The molecule has 2 bridgehead atoms. The molecule has 2 aliphatic carbocycles. The molecule has 3 rings (SSSR count). The number of hydrogen-bond acceptors (Lipinski definition) is 3. The van der Waals surface area contributed by atoms with E-state index in [2.05, 4.69) is 0 Å². The Hall–Kier alpha value is -0.550. The van der Waals surface area contributed by atoms with Crippen LogP contribution in [0.15, 0.2) is 12.2 Å². The van der Waals surface area contributed by atoms with Crippen LogP contribution in [-0.4, -0.2) is 24.7 Å². The molecular weight excluding hydrogens is 226 g/mol. The van der Waals surface area contributed by atoms with Gasteiger partial charge in [0.1, 0.15) is 0 Å². The topological polar surface area (TPSA) is 54.5 Å². The Morgan fingerprint density at radius 1 is 1.43 bits per heavy atom. The highest BCUT2D eigenvalue weighted by molar-refractivity contribution is 8.12. The van der Waals surface area contributed by atoms with Crippen LogP contribution in [0.3, 0.4) is 0 Å². The number of rotatable bonds is 1. The average Bonchev–Trinajstić information content (AvgIpc) is 2.76. The third kappa shape index (κ3) is 0.941. The highest BCUT2D eigenvalue weighted by atomic mass is 35.7. The first-order valence-electron chi connectivity index (χ1n) is 4.46. The third-order valence-corrected chi connectivity index (χ3v) is 4.70. The Kier molecular flexibility index (Phi) is 1.46. The minimum Gasteiger partial charge on any atom is -0.273 e. The zero-order chi connectivity index (χ0) is 10.1. The van der Waals surface area contributed by atoms with Gasteiger partial charge >= 0.3 is 9.24 Å². The van der Waals surface area contributed by atoms with Crippen LogP contribution in [0.1, 0.15) is 6.42 Å². The summed E-state index contributed by atoms with van der Waals surface area (Å²) in [6.07, 6.45) is 4.47. The van der Waals surface area contributed by atoms with E-state index in [1.807, 2.05) is 6.08 Å². The highest BCUT2D eigenvalue weighted by Gasteiger charge is 2.62. The summed E-state index contributed by atoms with van der Waals surface area (Å²) in [6.45, 7) is 0. The summed E-state index contributed by atoms with van der Waals surface area (Å²) in [5, 5.41) is 0. The van der Waals surface area contributed by atoms with E-state index in [-0.39, 0.29) is 23.8 Å². The van der Waals surface area contributed by atoms with Crippen molar-refractivity contribution < 1.29 is 13.2 Å². The molecule has 76 valence electrons. The maximum absolute atomic E-state index is 11.7. The first kappa shape index (κ1) is 8.73. The second kappa shape index (κ2) is 2.33. The molecule has 0 aromatic carbocycles. The predicted molar refractivity (Wildman–Crippen MR) is 49.6 cm³/mol. The molecule has 1 heterocycles. The Labute approximate surface area is 86.1 Å². The lowest BCUT2D eigenvalue weighted by Crippen LogP contribution is -2.45. The number of fused-ring (bicyclic) bond motifs is 2. The van der Waals surface area contributed by atoms with Crippen molar-refractivity contribution >= 4 is 25.8 Å². The Bertz CT molecular complexity index is 444. The van der Waals surface area contributed by atoms with Gasteiger partial charge in [0.25, 0.3) is 0 Å². The number of carbonyl (C=O) groups excluding carboxylic acids is 1. The van der Waals surface area contributed by atoms with Crippen LogP contribution >= 0.6 is 10.7 Å². The summed E-state index contributed by atoms with van der Waals surface area (Å²) in [7, 11) is 1.31. The van der Waals surface area contributed by atoms with Crippen LogP contribution in [0.2, 0.25) is 0 Å². The van der Waals surface area contributed by atoms with Gasteiger partial charge in [-0.15, -0.1) is 0 Å². The van der Waals surface area contributed by atoms with E-state index in [0.29, 0.717) is 5.92 Å². The van der Waals surface area contributed by atoms with E-state index in [1.165, 1.54) is 0 Å². The van der Waals surface area contributed by atoms with Gasteiger partial charge in [0, 0.05) is 16.6 Å². The number of allylic oxidation sites excluding steroid dienone is 1. The van der Waals surface area contributed by atoms with Gasteiger partial charge in [0.05, 0.1) is 6.04 Å². The van der Waals surface area contributed by atoms with Crippen molar-refractivity contribution in [1.82, 2.24) is 4.31 Å². The van der Waals surface area contributed by atoms with E-state index in [0.717, 1.165) is 10.7 Å². The number of halogens is 1. The SMILES string of the molecule is O=C1C2C3C=CC(CC32)N1S(=O)(=O)Cl. The molecule has 2 fully saturated rings. The summed E-state index contributed by atoms with van der Waals surface area (Å²) >= 11 is 0. The fourth-order valence-electron chi connectivity index (χ4n) is 2.68. The minimum atomic E-state index is -3.91. The molecule has 1 amide bonds. The van der Waals surface area contributed by atoms with Gasteiger partial charge in [0.15, 0.2) is 0 Å². The summed E-state index contributed by atoms with van der Waals surface area (Å²) in [4.78, 5) is 11.7. The lowest BCUT2D eigenvalue weighted by atomic mass is 10.0. The molecule has 4 atom stereocenters. The van der Waals surface area contributed by atoms with Crippen LogP contribution in [-0.2, 0) is 14.0 Å². The monoisotopic (exact) mass is 233 g/mol. The second-order valence-corrected chi connectivity index (χ2v) is 6.42. The average molecular weight is 234 g/mol. The molecule has 0 spiro atoms. The van der Waals surface area contributed by atoms with Gasteiger partial charge in [-0.3, -0.25) is 4.79 Å². The van der Waals surface area contributed by atoms with Gasteiger partial charge in [-0.25, -0.2) is 4.31 Å². The summed E-state index contributed by atoms with van der Waals surface area (Å²) in [6, 6.07) is -0.343. The van der Waals surface area contributed by atoms with E-state index in [1.54, 1.807) is 6.08 Å². The molecule has 4 nitrogen and oxygen atoms in total. The zero-order valence-electron chi connectivity index (χ0n) is 7.13. The lowest BCUT2D eigenvalue weighted by Gasteiger charge is -2.30. The summed E-state index contributed by atoms with van der Waals surface area (Å²) < 4.78 is 23.2. The van der Waals surface area contributed by atoms with Gasteiger partial charge < -0.3 is 0 Å². The fourth-order valence-corrected chi connectivity index (χ4v) is 4.01. The van der Waals surface area contributed by atoms with Crippen molar-refractivity contribution in [2.24, 2.45) is 17.8 Å². The van der Waals surface area contributed by atoms with E-state index < -0.39 is 9.24 Å². The largest absolute Gasteiger partial charge is 0.324 e. The van der Waals surface area contributed by atoms with E-state index >= 15 is 0 Å². The molecule has 0 aromatic heterocycles. The molecule has 0 aromatic rings. The molecule has 4 unspecified atom stereocenters. The molecule has 6 heteroatoms. The smallest absolute Gasteiger partial charge is 0.273 e. The molecule has 14 heavy (non-hydrogen) atoms. The highest BCUT2D eigenvalue weighted by Crippen LogP contribution is 2.58. The zero-order valence-corrected chi connectivity index (χ0v) is 8.70. The number of piperidine rings is 1. The first-order valence-corrected chi connectivity index (χ1v) is 6.73.